The molecule has 26 heavy (non-hydrogen) atoms. The molecule has 0 bridgehead atoms. The van der Waals surface area contributed by atoms with Crippen molar-refractivity contribution in [2.75, 3.05) is 6.61 Å². The summed E-state index contributed by atoms with van der Waals surface area (Å²) in [5.41, 5.74) is 1.31. The Morgan fingerprint density at radius 3 is 2.69 bits per heavy atom. The van der Waals surface area contributed by atoms with Gasteiger partial charge in [0.05, 0.1) is 12.3 Å². The van der Waals surface area contributed by atoms with Crippen LogP contribution in [0.5, 0.6) is 5.75 Å². The lowest BCUT2D eigenvalue weighted by Crippen LogP contribution is -2.30. The maximum absolute atomic E-state index is 12.0. The van der Waals surface area contributed by atoms with Crippen LogP contribution in [0.25, 0.3) is 0 Å². The predicted molar refractivity (Wildman–Crippen MR) is 93.7 cm³/mol. The van der Waals surface area contributed by atoms with Crippen LogP contribution in [0.1, 0.15) is 25.1 Å². The van der Waals surface area contributed by atoms with Crippen LogP contribution in [0.15, 0.2) is 36.5 Å². The first kappa shape index (κ1) is 19.7. The number of para-hydroxylation sites is 1. The van der Waals surface area contributed by atoms with E-state index in [1.807, 2.05) is 0 Å². The largest absolute Gasteiger partial charge is 0.487 e. The summed E-state index contributed by atoms with van der Waals surface area (Å²) in [6.07, 6.45) is 0.641. The van der Waals surface area contributed by atoms with Gasteiger partial charge in [-0.25, -0.2) is 14.8 Å². The lowest BCUT2D eigenvalue weighted by atomic mass is 10.1. The second-order valence-electron chi connectivity index (χ2n) is 5.27. The minimum absolute atomic E-state index is 0.136. The van der Waals surface area contributed by atoms with E-state index in [1.165, 1.54) is 13.1 Å². The van der Waals surface area contributed by atoms with E-state index in [2.05, 4.69) is 9.97 Å². The van der Waals surface area contributed by atoms with Gasteiger partial charge in [-0.1, -0.05) is 18.2 Å². The monoisotopic (exact) mass is 378 g/mol. The fourth-order valence-corrected chi connectivity index (χ4v) is 2.39. The Labute approximate surface area is 156 Å². The number of rotatable bonds is 8. The van der Waals surface area contributed by atoms with Crippen molar-refractivity contribution in [3.63, 3.8) is 0 Å². The first-order valence-electron chi connectivity index (χ1n) is 8.01. The highest BCUT2D eigenvalue weighted by atomic mass is 35.5. The number of hydrogen-bond acceptors (Lipinski definition) is 7. The van der Waals surface area contributed by atoms with Gasteiger partial charge in [0.15, 0.2) is 0 Å². The SMILES string of the molecule is CCOC(=O)[C@@H](Cc1ccccc1OCc1ccnc(Cl)n1)OC(C)=O. The summed E-state index contributed by atoms with van der Waals surface area (Å²) < 4.78 is 15.8. The number of hydrogen-bond donors (Lipinski definition) is 0. The van der Waals surface area contributed by atoms with Crippen LogP contribution in [0.3, 0.4) is 0 Å². The van der Waals surface area contributed by atoms with Crippen LogP contribution in [-0.2, 0) is 32.1 Å². The predicted octanol–water partition coefficient (Wildman–Crippen LogP) is 2.75. The van der Waals surface area contributed by atoms with E-state index >= 15 is 0 Å². The van der Waals surface area contributed by atoms with E-state index in [1.54, 1.807) is 37.3 Å². The van der Waals surface area contributed by atoms with E-state index in [4.69, 9.17) is 25.8 Å². The molecule has 0 saturated carbocycles. The molecular formula is C18H19ClN2O5. The summed E-state index contributed by atoms with van der Waals surface area (Å²) >= 11 is 5.76. The number of carbonyl (C=O) groups excluding carboxylic acids is 2. The lowest BCUT2D eigenvalue weighted by molar-refractivity contribution is -0.166. The van der Waals surface area contributed by atoms with Crippen LogP contribution in [0.4, 0.5) is 0 Å². The smallest absolute Gasteiger partial charge is 0.347 e. The van der Waals surface area contributed by atoms with Crippen LogP contribution in [-0.4, -0.2) is 34.6 Å². The molecule has 0 fully saturated rings. The first-order chi connectivity index (χ1) is 12.5. The summed E-state index contributed by atoms with van der Waals surface area (Å²) in [5.74, 6) is -0.610. The molecule has 0 amide bonds. The summed E-state index contributed by atoms with van der Waals surface area (Å²) in [4.78, 5) is 31.2. The van der Waals surface area contributed by atoms with E-state index in [0.717, 1.165) is 0 Å². The Hall–Kier alpha value is -2.67. The highest BCUT2D eigenvalue weighted by Crippen LogP contribution is 2.22. The van der Waals surface area contributed by atoms with Gasteiger partial charge in [-0.3, -0.25) is 4.79 Å². The molecule has 138 valence electrons. The molecule has 1 aromatic carbocycles. The third-order valence-corrected chi connectivity index (χ3v) is 3.48. The highest BCUT2D eigenvalue weighted by molar-refractivity contribution is 6.28. The van der Waals surface area contributed by atoms with Crippen molar-refractivity contribution in [3.05, 3.63) is 53.1 Å². The van der Waals surface area contributed by atoms with Gasteiger partial charge in [0.2, 0.25) is 11.4 Å². The Morgan fingerprint density at radius 2 is 2.00 bits per heavy atom. The van der Waals surface area contributed by atoms with Crippen LogP contribution >= 0.6 is 11.6 Å². The molecule has 0 unspecified atom stereocenters. The second-order valence-corrected chi connectivity index (χ2v) is 5.61. The minimum Gasteiger partial charge on any atom is -0.487 e. The summed E-state index contributed by atoms with van der Waals surface area (Å²) in [6.45, 7) is 3.31. The molecule has 1 aromatic heterocycles. The number of aromatic nitrogens is 2. The zero-order valence-electron chi connectivity index (χ0n) is 14.5. The Kier molecular flexibility index (Phi) is 7.35. The number of benzene rings is 1. The molecule has 0 aliphatic carbocycles. The van der Waals surface area contributed by atoms with Crippen molar-refractivity contribution in [1.29, 1.82) is 0 Å². The van der Waals surface area contributed by atoms with Crippen LogP contribution < -0.4 is 4.74 Å². The Bertz CT molecular complexity index is 769. The van der Waals surface area contributed by atoms with E-state index < -0.39 is 18.0 Å². The number of ether oxygens (including phenoxy) is 3. The van der Waals surface area contributed by atoms with Gasteiger partial charge in [0.1, 0.15) is 12.4 Å². The second kappa shape index (κ2) is 9.72. The number of carbonyl (C=O) groups is 2. The highest BCUT2D eigenvalue weighted by Gasteiger charge is 2.25. The molecule has 0 radical (unpaired) electrons. The molecule has 0 saturated heterocycles. The molecule has 0 aliphatic rings. The van der Waals surface area contributed by atoms with E-state index in [9.17, 15) is 9.59 Å². The third-order valence-electron chi connectivity index (χ3n) is 3.30. The van der Waals surface area contributed by atoms with Crippen molar-refractivity contribution >= 4 is 23.5 Å². The molecule has 0 N–H and O–H groups in total. The average Bonchev–Trinajstić information content (AvgIpc) is 2.60. The van der Waals surface area contributed by atoms with Gasteiger partial charge in [-0.05, 0) is 36.2 Å². The summed E-state index contributed by atoms with van der Waals surface area (Å²) in [7, 11) is 0. The zero-order valence-corrected chi connectivity index (χ0v) is 15.2. The van der Waals surface area contributed by atoms with Crippen molar-refractivity contribution in [3.8, 4) is 5.75 Å². The van der Waals surface area contributed by atoms with Gasteiger partial charge in [0.25, 0.3) is 0 Å². The fraction of sp³-hybridized carbons (Fsp3) is 0.333. The van der Waals surface area contributed by atoms with Crippen LogP contribution in [0.2, 0.25) is 5.28 Å². The van der Waals surface area contributed by atoms with Crippen molar-refractivity contribution in [1.82, 2.24) is 9.97 Å². The van der Waals surface area contributed by atoms with Crippen molar-refractivity contribution in [2.45, 2.75) is 33.0 Å². The van der Waals surface area contributed by atoms with Crippen molar-refractivity contribution < 1.29 is 23.8 Å². The Balaban J connectivity index is 2.13. The van der Waals surface area contributed by atoms with Gasteiger partial charge < -0.3 is 14.2 Å². The standard InChI is InChI=1S/C18H19ClN2O5/c1-3-24-17(23)16(26-12(2)22)10-13-6-4-5-7-15(13)25-11-14-8-9-20-18(19)21-14/h4-9,16H,3,10-11H2,1-2H3/t16-/m1/s1. The van der Waals surface area contributed by atoms with Gasteiger partial charge >= 0.3 is 11.9 Å². The summed E-state index contributed by atoms with van der Waals surface area (Å²) in [5, 5.41) is 0.136. The first-order valence-corrected chi connectivity index (χ1v) is 8.39. The normalized spacial score (nSPS) is 11.5. The van der Waals surface area contributed by atoms with Crippen LogP contribution in [0, 0.1) is 0 Å². The molecule has 1 heterocycles. The molecule has 7 nitrogen and oxygen atoms in total. The van der Waals surface area contributed by atoms with E-state index in [0.29, 0.717) is 17.0 Å². The third kappa shape index (κ3) is 6.00. The maximum Gasteiger partial charge on any atom is 0.347 e. The van der Waals surface area contributed by atoms with Crippen molar-refractivity contribution in [2.24, 2.45) is 0 Å². The minimum atomic E-state index is -1.04. The molecule has 0 aliphatic heterocycles. The van der Waals surface area contributed by atoms with Gasteiger partial charge in [-0.15, -0.1) is 0 Å². The topological polar surface area (TPSA) is 87.6 Å². The molecule has 2 rings (SSSR count). The molecule has 0 spiro atoms. The number of halogens is 1. The lowest BCUT2D eigenvalue weighted by Gasteiger charge is -2.17. The summed E-state index contributed by atoms with van der Waals surface area (Å²) in [6, 6.07) is 8.84. The average molecular weight is 379 g/mol. The van der Waals surface area contributed by atoms with Gasteiger partial charge in [-0.2, -0.15) is 0 Å². The molecule has 8 heteroatoms. The fourth-order valence-electron chi connectivity index (χ4n) is 2.22. The number of nitrogens with zero attached hydrogens (tertiary/aromatic N) is 2. The number of esters is 2. The van der Waals surface area contributed by atoms with Gasteiger partial charge in [0, 0.05) is 19.5 Å². The molecule has 1 atom stereocenters. The Morgan fingerprint density at radius 1 is 1.23 bits per heavy atom. The van der Waals surface area contributed by atoms with E-state index in [-0.39, 0.29) is 24.9 Å². The quantitative estimate of drug-likeness (QED) is 0.515. The molecular weight excluding hydrogens is 360 g/mol. The maximum atomic E-state index is 12.0. The molecule has 2 aromatic rings. The zero-order chi connectivity index (χ0) is 18.9.